The summed E-state index contributed by atoms with van der Waals surface area (Å²) in [5.74, 6) is 0.611. The SMILES string of the molecule is O=c1[nH]ccc2c(-c3cnc4cc(F)ccn34)ccc(Nc3ccc(C4CCOCC4)c(CN4CC[C@H](F)C4)n3)c12. The molecular formula is C31H30F2N6O2. The van der Waals surface area contributed by atoms with Gasteiger partial charge in [-0.25, -0.2) is 18.7 Å². The van der Waals surface area contributed by atoms with Crippen LogP contribution in [0, 0.1) is 5.82 Å². The number of fused-ring (bicyclic) bond motifs is 2. The molecule has 8 nitrogen and oxygen atoms in total. The molecule has 210 valence electrons. The van der Waals surface area contributed by atoms with E-state index >= 15 is 0 Å². The highest BCUT2D eigenvalue weighted by Crippen LogP contribution is 2.35. The number of alkyl halides is 1. The van der Waals surface area contributed by atoms with Gasteiger partial charge in [-0.05, 0) is 55.0 Å². The summed E-state index contributed by atoms with van der Waals surface area (Å²) in [7, 11) is 0. The summed E-state index contributed by atoms with van der Waals surface area (Å²) in [5.41, 5.74) is 4.53. The van der Waals surface area contributed by atoms with Gasteiger partial charge < -0.3 is 15.0 Å². The van der Waals surface area contributed by atoms with E-state index in [1.165, 1.54) is 17.7 Å². The topological polar surface area (TPSA) is 87.5 Å². The van der Waals surface area contributed by atoms with Crippen LogP contribution in [0.5, 0.6) is 0 Å². The average molecular weight is 557 g/mol. The van der Waals surface area contributed by atoms with Gasteiger partial charge in [0.1, 0.15) is 23.5 Å². The fraction of sp³-hybridized carbons (Fsp3) is 0.323. The van der Waals surface area contributed by atoms with Crippen molar-refractivity contribution in [2.75, 3.05) is 31.6 Å². The third-order valence-corrected chi connectivity index (χ3v) is 8.21. The summed E-state index contributed by atoms with van der Waals surface area (Å²) in [5, 5.41) is 4.61. The van der Waals surface area contributed by atoms with Gasteiger partial charge >= 0.3 is 0 Å². The molecular weight excluding hydrogens is 526 g/mol. The Morgan fingerprint density at radius 1 is 1.10 bits per heavy atom. The maximum Gasteiger partial charge on any atom is 0.257 e. The number of halogens is 2. The molecule has 0 unspecified atom stereocenters. The van der Waals surface area contributed by atoms with Gasteiger partial charge in [-0.15, -0.1) is 0 Å². The van der Waals surface area contributed by atoms with Crippen LogP contribution < -0.4 is 10.9 Å². The molecule has 6 heterocycles. The van der Waals surface area contributed by atoms with Crippen molar-refractivity contribution in [3.05, 3.63) is 88.5 Å². The molecule has 41 heavy (non-hydrogen) atoms. The number of nitrogens with zero attached hydrogens (tertiary/aromatic N) is 4. The van der Waals surface area contributed by atoms with E-state index in [1.807, 2.05) is 24.3 Å². The van der Waals surface area contributed by atoms with E-state index in [2.05, 4.69) is 26.3 Å². The maximum absolute atomic E-state index is 14.0. The number of anilines is 2. The molecule has 0 amide bonds. The highest BCUT2D eigenvalue weighted by atomic mass is 19.1. The van der Waals surface area contributed by atoms with Gasteiger partial charge in [0, 0.05) is 62.3 Å². The zero-order valence-corrected chi connectivity index (χ0v) is 22.4. The standard InChI is InChI=1S/C31H30F2N6O2/c32-20-7-12-39-27(16-35-29(39)15-20)23-1-3-25(30-24(23)5-10-34-31(30)40)36-28-4-2-22(19-8-13-41-14-9-19)26(37-28)18-38-11-6-21(33)17-38/h1-5,7,10,12,15-16,19,21H,6,8-9,11,13-14,17-18H2,(H,34,40)(H,36,37)/t21-/m0/s1. The Morgan fingerprint density at radius 2 is 1.98 bits per heavy atom. The number of aromatic nitrogens is 4. The van der Waals surface area contributed by atoms with Crippen molar-refractivity contribution >= 4 is 27.9 Å². The largest absolute Gasteiger partial charge is 0.381 e. The zero-order chi connectivity index (χ0) is 27.9. The molecule has 10 heteroatoms. The third-order valence-electron chi connectivity index (χ3n) is 8.21. The van der Waals surface area contributed by atoms with Gasteiger partial charge in [-0.1, -0.05) is 12.1 Å². The quantitative estimate of drug-likeness (QED) is 0.285. The average Bonchev–Trinajstić information content (AvgIpc) is 3.59. The number of ether oxygens (including phenoxy) is 1. The van der Waals surface area contributed by atoms with Crippen molar-refractivity contribution < 1.29 is 13.5 Å². The Bertz CT molecular complexity index is 1800. The van der Waals surface area contributed by atoms with Crippen molar-refractivity contribution in [1.29, 1.82) is 0 Å². The second-order valence-corrected chi connectivity index (χ2v) is 10.8. The molecule has 0 spiro atoms. The zero-order valence-electron chi connectivity index (χ0n) is 22.4. The van der Waals surface area contributed by atoms with E-state index in [4.69, 9.17) is 9.72 Å². The van der Waals surface area contributed by atoms with Gasteiger partial charge in [0.25, 0.3) is 5.56 Å². The second kappa shape index (κ2) is 10.7. The molecule has 0 saturated carbocycles. The van der Waals surface area contributed by atoms with Crippen LogP contribution in [0.3, 0.4) is 0 Å². The number of H-pyrrole nitrogens is 1. The van der Waals surface area contributed by atoms with Gasteiger partial charge in [-0.2, -0.15) is 0 Å². The van der Waals surface area contributed by atoms with E-state index in [0.29, 0.717) is 54.5 Å². The Hall–Kier alpha value is -4.15. The number of aromatic amines is 1. The molecule has 1 atom stereocenters. The Morgan fingerprint density at radius 3 is 2.80 bits per heavy atom. The smallest absolute Gasteiger partial charge is 0.257 e. The van der Waals surface area contributed by atoms with Crippen LogP contribution in [0.15, 0.2) is 65.8 Å². The summed E-state index contributed by atoms with van der Waals surface area (Å²) in [6.45, 7) is 3.17. The molecule has 0 bridgehead atoms. The Kier molecular flexibility index (Phi) is 6.72. The molecule has 4 aromatic heterocycles. The lowest BCUT2D eigenvalue weighted by atomic mass is 9.90. The Labute approximate surface area is 235 Å². The lowest BCUT2D eigenvalue weighted by Crippen LogP contribution is -2.24. The van der Waals surface area contributed by atoms with Crippen LogP contribution in [-0.4, -0.2) is 56.7 Å². The summed E-state index contributed by atoms with van der Waals surface area (Å²) < 4.78 is 35.1. The van der Waals surface area contributed by atoms with E-state index in [1.54, 1.807) is 23.0 Å². The second-order valence-electron chi connectivity index (χ2n) is 10.8. The lowest BCUT2D eigenvalue weighted by molar-refractivity contribution is 0.0849. The fourth-order valence-corrected chi connectivity index (χ4v) is 6.16. The summed E-state index contributed by atoms with van der Waals surface area (Å²) in [6, 6.07) is 12.5. The lowest BCUT2D eigenvalue weighted by Gasteiger charge is -2.26. The maximum atomic E-state index is 14.0. The number of hydrogen-bond donors (Lipinski definition) is 2. The van der Waals surface area contributed by atoms with E-state index < -0.39 is 6.17 Å². The highest BCUT2D eigenvalue weighted by Gasteiger charge is 2.26. The van der Waals surface area contributed by atoms with Gasteiger partial charge in [0.05, 0.1) is 28.7 Å². The third kappa shape index (κ3) is 4.98. The monoisotopic (exact) mass is 556 g/mol. The predicted molar refractivity (Wildman–Crippen MR) is 154 cm³/mol. The van der Waals surface area contributed by atoms with Crippen LogP contribution in [0.4, 0.5) is 20.3 Å². The molecule has 2 aliphatic heterocycles. The van der Waals surface area contributed by atoms with Crippen molar-refractivity contribution in [2.24, 2.45) is 0 Å². The first-order valence-corrected chi connectivity index (χ1v) is 14.0. The van der Waals surface area contributed by atoms with Gasteiger partial charge in [0.2, 0.25) is 0 Å². The first-order valence-electron chi connectivity index (χ1n) is 14.0. The normalized spacial score (nSPS) is 18.4. The van der Waals surface area contributed by atoms with Crippen molar-refractivity contribution in [1.82, 2.24) is 24.3 Å². The van der Waals surface area contributed by atoms with E-state index in [-0.39, 0.29) is 11.4 Å². The van der Waals surface area contributed by atoms with Crippen LogP contribution in [-0.2, 0) is 11.3 Å². The molecule has 0 radical (unpaired) electrons. The molecule has 2 fully saturated rings. The highest BCUT2D eigenvalue weighted by molar-refractivity contribution is 6.03. The van der Waals surface area contributed by atoms with Crippen molar-refractivity contribution in [2.45, 2.75) is 37.9 Å². The van der Waals surface area contributed by atoms with Crippen LogP contribution >= 0.6 is 0 Å². The molecule has 7 rings (SSSR count). The summed E-state index contributed by atoms with van der Waals surface area (Å²) in [4.78, 5) is 27.4. The van der Waals surface area contributed by atoms with Crippen LogP contribution in [0.1, 0.15) is 36.4 Å². The van der Waals surface area contributed by atoms with Gasteiger partial charge in [-0.3, -0.25) is 14.1 Å². The summed E-state index contributed by atoms with van der Waals surface area (Å²) in [6.07, 6.45) is 6.55. The minimum absolute atomic E-state index is 0.239. The molecule has 5 aromatic rings. The van der Waals surface area contributed by atoms with Crippen molar-refractivity contribution in [3.8, 4) is 11.3 Å². The number of hydrogen-bond acceptors (Lipinski definition) is 6. The number of imidazole rings is 1. The number of pyridine rings is 3. The molecule has 2 N–H and O–H groups in total. The number of nitrogens with one attached hydrogen (secondary N) is 2. The fourth-order valence-electron chi connectivity index (χ4n) is 6.16. The molecule has 0 aliphatic carbocycles. The minimum atomic E-state index is -0.800. The first kappa shape index (κ1) is 25.8. The van der Waals surface area contributed by atoms with Gasteiger partial charge in [0.15, 0.2) is 0 Å². The summed E-state index contributed by atoms with van der Waals surface area (Å²) >= 11 is 0. The first-order chi connectivity index (χ1) is 20.0. The predicted octanol–water partition coefficient (Wildman–Crippen LogP) is 5.56. The molecule has 2 aliphatic rings. The van der Waals surface area contributed by atoms with E-state index in [9.17, 15) is 13.6 Å². The Balaban J connectivity index is 1.27. The number of benzene rings is 1. The van der Waals surface area contributed by atoms with Crippen molar-refractivity contribution in [3.63, 3.8) is 0 Å². The molecule has 1 aromatic carbocycles. The van der Waals surface area contributed by atoms with Crippen LogP contribution in [0.25, 0.3) is 27.7 Å². The van der Waals surface area contributed by atoms with E-state index in [0.717, 1.165) is 48.4 Å². The number of rotatable bonds is 6. The van der Waals surface area contributed by atoms with Crippen LogP contribution in [0.2, 0.25) is 0 Å². The number of likely N-dealkylation sites (tertiary alicyclic amines) is 1. The minimum Gasteiger partial charge on any atom is -0.381 e. The molecule has 2 saturated heterocycles.